The monoisotopic (exact) mass is 514 g/mol. The van der Waals surface area contributed by atoms with Crippen molar-refractivity contribution in [1.82, 2.24) is 20.2 Å². The summed E-state index contributed by atoms with van der Waals surface area (Å²) >= 11 is 3.51. The number of nitrogens with zero attached hydrogens (tertiary/aromatic N) is 2. The highest BCUT2D eigenvalue weighted by molar-refractivity contribution is 9.10. The third-order valence-electron chi connectivity index (χ3n) is 5.74. The van der Waals surface area contributed by atoms with Gasteiger partial charge < -0.3 is 19.9 Å². The van der Waals surface area contributed by atoms with E-state index in [2.05, 4.69) is 66.3 Å². The van der Waals surface area contributed by atoms with Gasteiger partial charge in [-0.05, 0) is 47.7 Å². The summed E-state index contributed by atoms with van der Waals surface area (Å²) in [6.07, 6.45) is 4.22. The van der Waals surface area contributed by atoms with E-state index in [1.165, 1.54) is 5.39 Å². The SMILES string of the molecule is CC(C)C(NC=O)C(=O)N1CCC[C@H]1c1ncc(-c2ccc3cc(Br)ccc3c2)[nH]1.COC. The number of benzene rings is 2. The fraction of sp³-hybridized carbons (Fsp3) is 0.400. The molecule has 2 amide bonds. The summed E-state index contributed by atoms with van der Waals surface area (Å²) in [5.41, 5.74) is 1.99. The summed E-state index contributed by atoms with van der Waals surface area (Å²) in [5.74, 6) is 0.767. The number of rotatable bonds is 6. The van der Waals surface area contributed by atoms with Crippen LogP contribution < -0.4 is 5.32 Å². The number of fused-ring (bicyclic) bond motifs is 1. The maximum atomic E-state index is 13.1. The van der Waals surface area contributed by atoms with Crippen molar-refractivity contribution >= 4 is 39.0 Å². The number of aromatic amines is 1. The largest absolute Gasteiger partial charge is 0.388 e. The highest BCUT2D eigenvalue weighted by atomic mass is 79.9. The van der Waals surface area contributed by atoms with Crippen molar-refractivity contribution in [3.05, 3.63) is 52.9 Å². The molecule has 7 nitrogen and oxygen atoms in total. The Hall–Kier alpha value is -2.71. The first-order chi connectivity index (χ1) is 15.9. The molecule has 1 saturated heterocycles. The molecule has 0 bridgehead atoms. The number of ether oxygens (including phenoxy) is 1. The van der Waals surface area contributed by atoms with Crippen molar-refractivity contribution in [3.63, 3.8) is 0 Å². The summed E-state index contributed by atoms with van der Waals surface area (Å²) in [7, 11) is 3.25. The number of methoxy groups -OCH3 is 1. The van der Waals surface area contributed by atoms with Crippen molar-refractivity contribution in [1.29, 1.82) is 0 Å². The molecule has 0 saturated carbocycles. The van der Waals surface area contributed by atoms with Gasteiger partial charge in [-0.3, -0.25) is 9.59 Å². The molecular formula is C25H31BrN4O3. The molecule has 1 aliphatic rings. The zero-order valence-electron chi connectivity index (χ0n) is 19.5. The summed E-state index contributed by atoms with van der Waals surface area (Å²) < 4.78 is 5.31. The van der Waals surface area contributed by atoms with Crippen molar-refractivity contribution in [2.45, 2.75) is 38.8 Å². The quantitative estimate of drug-likeness (QED) is 0.467. The van der Waals surface area contributed by atoms with E-state index in [0.717, 1.165) is 39.8 Å². The molecule has 4 rings (SSSR count). The third-order valence-corrected chi connectivity index (χ3v) is 6.23. The molecule has 0 aliphatic carbocycles. The van der Waals surface area contributed by atoms with Gasteiger partial charge in [0.1, 0.15) is 11.9 Å². The standard InChI is InChI=1S/C23H25BrN4O2.C2H6O/c1-14(2)21(26-13-29)23(30)28-9-3-4-20(28)22-25-12-19(27-22)17-6-5-16-11-18(24)8-7-15(16)10-17;1-3-2/h5-8,10-14,20-21H,3-4,9H2,1-2H3,(H,25,27)(H,26,29);1-2H3/t20-,21?;/m0./s1. The minimum atomic E-state index is -0.516. The molecule has 176 valence electrons. The minimum absolute atomic E-state index is 0.0220. The Kier molecular flexibility index (Phi) is 8.63. The topological polar surface area (TPSA) is 87.3 Å². The Morgan fingerprint density at radius 3 is 2.64 bits per heavy atom. The Morgan fingerprint density at radius 2 is 1.94 bits per heavy atom. The molecule has 1 unspecified atom stereocenters. The molecule has 2 heterocycles. The van der Waals surface area contributed by atoms with E-state index >= 15 is 0 Å². The molecule has 2 atom stereocenters. The molecule has 1 aromatic heterocycles. The molecule has 0 radical (unpaired) electrons. The van der Waals surface area contributed by atoms with Crippen LogP contribution >= 0.6 is 15.9 Å². The van der Waals surface area contributed by atoms with Crippen LogP contribution in [-0.2, 0) is 14.3 Å². The molecule has 33 heavy (non-hydrogen) atoms. The van der Waals surface area contributed by atoms with Crippen molar-refractivity contribution in [2.75, 3.05) is 20.8 Å². The van der Waals surface area contributed by atoms with E-state index in [0.29, 0.717) is 13.0 Å². The van der Waals surface area contributed by atoms with Crippen molar-refractivity contribution in [2.24, 2.45) is 5.92 Å². The molecule has 2 N–H and O–H groups in total. The van der Waals surface area contributed by atoms with Gasteiger partial charge in [-0.2, -0.15) is 0 Å². The lowest BCUT2D eigenvalue weighted by Gasteiger charge is -2.29. The molecule has 0 spiro atoms. The predicted molar refractivity (Wildman–Crippen MR) is 134 cm³/mol. The van der Waals surface area contributed by atoms with Crippen LogP contribution in [0.25, 0.3) is 22.0 Å². The first kappa shape index (κ1) is 24.9. The molecule has 8 heteroatoms. The second kappa shape index (κ2) is 11.4. The van der Waals surface area contributed by atoms with Gasteiger partial charge in [0, 0.05) is 30.8 Å². The molecule has 3 aromatic rings. The number of carbonyl (C=O) groups is 2. The lowest BCUT2D eigenvalue weighted by molar-refractivity contribution is -0.137. The van der Waals surface area contributed by atoms with Gasteiger partial charge in [-0.15, -0.1) is 0 Å². The minimum Gasteiger partial charge on any atom is -0.388 e. The first-order valence-electron chi connectivity index (χ1n) is 11.0. The van der Waals surface area contributed by atoms with Crippen LogP contribution in [0.2, 0.25) is 0 Å². The number of imidazole rings is 1. The molecule has 2 aromatic carbocycles. The van der Waals surface area contributed by atoms with E-state index in [9.17, 15) is 9.59 Å². The first-order valence-corrected chi connectivity index (χ1v) is 11.8. The highest BCUT2D eigenvalue weighted by Gasteiger charge is 2.36. The summed E-state index contributed by atoms with van der Waals surface area (Å²) in [4.78, 5) is 33.9. The Balaban J connectivity index is 0.000000968. The van der Waals surface area contributed by atoms with Gasteiger partial charge >= 0.3 is 0 Å². The fourth-order valence-electron chi connectivity index (χ4n) is 4.15. The Bertz CT molecular complexity index is 1100. The predicted octanol–water partition coefficient (Wildman–Crippen LogP) is 4.69. The van der Waals surface area contributed by atoms with Gasteiger partial charge in [0.15, 0.2) is 0 Å². The number of nitrogens with one attached hydrogen (secondary N) is 2. The van der Waals surface area contributed by atoms with Crippen LogP contribution in [0.5, 0.6) is 0 Å². The zero-order chi connectivity index (χ0) is 24.0. The van der Waals surface area contributed by atoms with Gasteiger partial charge in [0.25, 0.3) is 0 Å². The average molecular weight is 515 g/mol. The zero-order valence-corrected chi connectivity index (χ0v) is 21.1. The maximum absolute atomic E-state index is 13.1. The number of amides is 2. The van der Waals surface area contributed by atoms with Crippen LogP contribution in [0.1, 0.15) is 38.6 Å². The summed E-state index contributed by atoms with van der Waals surface area (Å²) in [5, 5.41) is 5.00. The van der Waals surface area contributed by atoms with E-state index in [-0.39, 0.29) is 17.9 Å². The molecule has 1 fully saturated rings. The number of halogens is 1. The van der Waals surface area contributed by atoms with E-state index in [4.69, 9.17) is 0 Å². The van der Waals surface area contributed by atoms with Crippen molar-refractivity contribution < 1.29 is 14.3 Å². The van der Waals surface area contributed by atoms with Crippen molar-refractivity contribution in [3.8, 4) is 11.3 Å². The Morgan fingerprint density at radius 1 is 1.24 bits per heavy atom. The smallest absolute Gasteiger partial charge is 0.246 e. The van der Waals surface area contributed by atoms with Crippen LogP contribution in [0.15, 0.2) is 47.1 Å². The van der Waals surface area contributed by atoms with E-state index < -0.39 is 6.04 Å². The number of H-pyrrole nitrogens is 1. The van der Waals surface area contributed by atoms with Gasteiger partial charge in [0.2, 0.25) is 12.3 Å². The van der Waals surface area contributed by atoms with Crippen LogP contribution in [0.3, 0.4) is 0 Å². The highest BCUT2D eigenvalue weighted by Crippen LogP contribution is 2.33. The third kappa shape index (κ3) is 5.81. The number of hydrogen-bond donors (Lipinski definition) is 2. The Labute approximate surface area is 203 Å². The second-order valence-electron chi connectivity index (χ2n) is 8.49. The average Bonchev–Trinajstić information content (AvgIpc) is 3.46. The van der Waals surface area contributed by atoms with Gasteiger partial charge in [-0.1, -0.05) is 48.0 Å². The van der Waals surface area contributed by atoms with Crippen LogP contribution in [0, 0.1) is 5.92 Å². The van der Waals surface area contributed by atoms with Crippen LogP contribution in [-0.4, -0.2) is 54.0 Å². The molecular weight excluding hydrogens is 484 g/mol. The number of aromatic nitrogens is 2. The van der Waals surface area contributed by atoms with E-state index in [1.54, 1.807) is 14.2 Å². The number of hydrogen-bond acceptors (Lipinski definition) is 4. The second-order valence-corrected chi connectivity index (χ2v) is 9.41. The summed E-state index contributed by atoms with van der Waals surface area (Å²) in [6, 6.07) is 11.9. The lowest BCUT2D eigenvalue weighted by atomic mass is 10.0. The summed E-state index contributed by atoms with van der Waals surface area (Å²) in [6.45, 7) is 4.55. The van der Waals surface area contributed by atoms with E-state index in [1.807, 2.05) is 31.0 Å². The number of likely N-dealkylation sites (tertiary alicyclic amines) is 1. The maximum Gasteiger partial charge on any atom is 0.246 e. The fourth-order valence-corrected chi connectivity index (χ4v) is 4.53. The van der Waals surface area contributed by atoms with Gasteiger partial charge in [-0.25, -0.2) is 4.98 Å². The number of carbonyl (C=O) groups excluding carboxylic acids is 2. The molecule has 1 aliphatic heterocycles. The lowest BCUT2D eigenvalue weighted by Crippen LogP contribution is -2.48. The van der Waals surface area contributed by atoms with Gasteiger partial charge in [0.05, 0.1) is 17.9 Å². The normalized spacial score (nSPS) is 16.4. The van der Waals surface area contributed by atoms with Crippen LogP contribution in [0.4, 0.5) is 0 Å².